The van der Waals surface area contributed by atoms with E-state index in [1.54, 1.807) is 0 Å². The van der Waals surface area contributed by atoms with Crippen LogP contribution in [-0.2, 0) is 0 Å². The molecule has 0 saturated heterocycles. The molecule has 1 N–H and O–H groups in total. The summed E-state index contributed by atoms with van der Waals surface area (Å²) in [7, 11) is 6.54. The molecule has 0 aliphatic carbocycles. The molecule has 0 saturated carbocycles. The maximum atomic E-state index is 3.68. The predicted octanol–water partition coefficient (Wildman–Crippen LogP) is 5.16. The first kappa shape index (κ1) is 24.9. The summed E-state index contributed by atoms with van der Waals surface area (Å²) < 4.78 is 0. The Morgan fingerprint density at radius 3 is 1.64 bits per heavy atom. The first-order chi connectivity index (χ1) is 11.9. The molecular formula is C22H49N3. The van der Waals surface area contributed by atoms with Crippen molar-refractivity contribution in [3.05, 3.63) is 0 Å². The van der Waals surface area contributed by atoms with Crippen molar-refractivity contribution in [2.75, 3.05) is 47.3 Å². The molecule has 0 unspecified atom stereocenters. The molecule has 0 amide bonds. The zero-order valence-electron chi connectivity index (χ0n) is 18.5. The van der Waals surface area contributed by atoms with Crippen molar-refractivity contribution in [1.29, 1.82) is 0 Å². The Hall–Kier alpha value is -0.120. The highest BCUT2D eigenvalue weighted by Crippen LogP contribution is 2.11. The Labute approximate surface area is 159 Å². The van der Waals surface area contributed by atoms with Gasteiger partial charge in [-0.05, 0) is 48.0 Å². The molecular weight excluding hydrogens is 306 g/mol. The highest BCUT2D eigenvalue weighted by molar-refractivity contribution is 4.80. The van der Waals surface area contributed by atoms with Gasteiger partial charge in [0.2, 0.25) is 0 Å². The fourth-order valence-electron chi connectivity index (χ4n) is 3.59. The van der Waals surface area contributed by atoms with Crippen LogP contribution >= 0.6 is 0 Å². The second-order valence-corrected chi connectivity index (χ2v) is 8.89. The molecule has 0 spiro atoms. The van der Waals surface area contributed by atoms with Crippen molar-refractivity contribution in [2.45, 2.75) is 96.9 Å². The molecule has 0 rings (SSSR count). The van der Waals surface area contributed by atoms with Crippen LogP contribution in [0.1, 0.15) is 91.4 Å². The van der Waals surface area contributed by atoms with Crippen molar-refractivity contribution in [1.82, 2.24) is 15.1 Å². The van der Waals surface area contributed by atoms with Crippen LogP contribution in [0.25, 0.3) is 0 Å². The number of hydrogen-bond donors (Lipinski definition) is 1. The molecule has 0 aromatic rings. The van der Waals surface area contributed by atoms with Gasteiger partial charge in [0.25, 0.3) is 0 Å². The average Bonchev–Trinajstić information content (AvgIpc) is 2.51. The molecule has 0 atom stereocenters. The van der Waals surface area contributed by atoms with Crippen molar-refractivity contribution >= 4 is 0 Å². The summed E-state index contributed by atoms with van der Waals surface area (Å²) >= 11 is 0. The van der Waals surface area contributed by atoms with Crippen LogP contribution in [0.3, 0.4) is 0 Å². The third-order valence-corrected chi connectivity index (χ3v) is 4.95. The van der Waals surface area contributed by atoms with Crippen LogP contribution in [0.4, 0.5) is 0 Å². The zero-order chi connectivity index (χ0) is 19.0. The lowest BCUT2D eigenvalue weighted by Gasteiger charge is -2.30. The summed E-state index contributed by atoms with van der Waals surface area (Å²) in [5, 5.41) is 3.68. The highest BCUT2D eigenvalue weighted by Gasteiger charge is 2.17. The van der Waals surface area contributed by atoms with E-state index in [0.717, 1.165) is 19.6 Å². The van der Waals surface area contributed by atoms with E-state index in [1.165, 1.54) is 77.2 Å². The Balaban J connectivity index is 3.37. The summed E-state index contributed by atoms with van der Waals surface area (Å²) in [6.07, 6.45) is 15.7. The summed E-state index contributed by atoms with van der Waals surface area (Å²) in [5.41, 5.74) is 0.195. The lowest BCUT2D eigenvalue weighted by Crippen LogP contribution is -2.49. The molecule has 0 aromatic carbocycles. The Kier molecular flexibility index (Phi) is 16.0. The van der Waals surface area contributed by atoms with Gasteiger partial charge in [0.15, 0.2) is 0 Å². The molecule has 0 fully saturated rings. The standard InChI is InChI=1S/C22H49N3/c1-7-8-9-10-11-12-13-14-15-16-17-19-25(6)20-18-23-22(2,3)21-24(4)5/h23H,7-21H2,1-6H3. The van der Waals surface area contributed by atoms with Crippen molar-refractivity contribution in [2.24, 2.45) is 0 Å². The summed E-state index contributed by atoms with van der Waals surface area (Å²) in [6, 6.07) is 0. The van der Waals surface area contributed by atoms with E-state index < -0.39 is 0 Å². The van der Waals surface area contributed by atoms with Crippen LogP contribution < -0.4 is 5.32 Å². The summed E-state index contributed by atoms with van der Waals surface area (Å²) in [6.45, 7) is 11.4. The number of unbranched alkanes of at least 4 members (excludes halogenated alkanes) is 10. The second kappa shape index (κ2) is 16.1. The lowest BCUT2D eigenvalue weighted by atomic mass is 10.1. The predicted molar refractivity (Wildman–Crippen MR) is 115 cm³/mol. The Morgan fingerprint density at radius 1 is 0.680 bits per heavy atom. The van der Waals surface area contributed by atoms with Gasteiger partial charge in [-0.25, -0.2) is 0 Å². The van der Waals surface area contributed by atoms with Gasteiger partial charge in [0.1, 0.15) is 0 Å². The van der Waals surface area contributed by atoms with E-state index in [2.05, 4.69) is 57.0 Å². The third kappa shape index (κ3) is 18.5. The van der Waals surface area contributed by atoms with E-state index in [1.807, 2.05) is 0 Å². The molecule has 0 bridgehead atoms. The van der Waals surface area contributed by atoms with Crippen LogP contribution in [0.5, 0.6) is 0 Å². The van der Waals surface area contributed by atoms with Gasteiger partial charge in [0.05, 0.1) is 0 Å². The smallest absolute Gasteiger partial charge is 0.0252 e. The summed E-state index contributed by atoms with van der Waals surface area (Å²) in [5.74, 6) is 0. The molecule has 152 valence electrons. The van der Waals surface area contributed by atoms with Crippen LogP contribution in [0.2, 0.25) is 0 Å². The molecule has 0 aliphatic heterocycles. The second-order valence-electron chi connectivity index (χ2n) is 8.89. The quantitative estimate of drug-likeness (QED) is 0.343. The number of rotatable bonds is 18. The minimum absolute atomic E-state index is 0.195. The number of likely N-dealkylation sites (N-methyl/N-ethyl adjacent to an activating group) is 2. The first-order valence-electron chi connectivity index (χ1n) is 11.0. The number of nitrogens with one attached hydrogen (secondary N) is 1. The molecule has 0 aromatic heterocycles. The third-order valence-electron chi connectivity index (χ3n) is 4.95. The van der Waals surface area contributed by atoms with E-state index in [0.29, 0.717) is 0 Å². The van der Waals surface area contributed by atoms with E-state index in [9.17, 15) is 0 Å². The topological polar surface area (TPSA) is 18.5 Å². The van der Waals surface area contributed by atoms with Crippen LogP contribution in [0.15, 0.2) is 0 Å². The van der Waals surface area contributed by atoms with Gasteiger partial charge in [-0.15, -0.1) is 0 Å². The fourth-order valence-corrected chi connectivity index (χ4v) is 3.59. The van der Waals surface area contributed by atoms with Crippen molar-refractivity contribution < 1.29 is 0 Å². The number of hydrogen-bond acceptors (Lipinski definition) is 3. The largest absolute Gasteiger partial charge is 0.309 e. The lowest BCUT2D eigenvalue weighted by molar-refractivity contribution is 0.249. The maximum Gasteiger partial charge on any atom is 0.0252 e. The Morgan fingerprint density at radius 2 is 1.16 bits per heavy atom. The minimum Gasteiger partial charge on any atom is -0.309 e. The SMILES string of the molecule is CCCCCCCCCCCCCN(C)CCNC(C)(C)CN(C)C. The maximum absolute atomic E-state index is 3.68. The highest BCUT2D eigenvalue weighted by atomic mass is 15.1. The van der Waals surface area contributed by atoms with E-state index >= 15 is 0 Å². The average molecular weight is 356 g/mol. The first-order valence-corrected chi connectivity index (χ1v) is 11.0. The van der Waals surface area contributed by atoms with Crippen molar-refractivity contribution in [3.63, 3.8) is 0 Å². The van der Waals surface area contributed by atoms with E-state index in [4.69, 9.17) is 0 Å². The monoisotopic (exact) mass is 355 g/mol. The molecule has 3 heteroatoms. The molecule has 0 heterocycles. The number of nitrogens with zero attached hydrogens (tertiary/aromatic N) is 2. The van der Waals surface area contributed by atoms with Gasteiger partial charge < -0.3 is 15.1 Å². The normalized spacial score (nSPS) is 12.5. The van der Waals surface area contributed by atoms with E-state index in [-0.39, 0.29) is 5.54 Å². The minimum atomic E-state index is 0.195. The molecule has 0 aliphatic rings. The van der Waals surface area contributed by atoms with Gasteiger partial charge in [-0.1, -0.05) is 71.1 Å². The fraction of sp³-hybridized carbons (Fsp3) is 1.00. The molecule has 25 heavy (non-hydrogen) atoms. The van der Waals surface area contributed by atoms with Crippen molar-refractivity contribution in [3.8, 4) is 0 Å². The van der Waals surface area contributed by atoms with Crippen LogP contribution in [-0.4, -0.2) is 62.7 Å². The molecule has 0 radical (unpaired) electrons. The van der Waals surface area contributed by atoms with Gasteiger partial charge in [-0.3, -0.25) is 0 Å². The zero-order valence-corrected chi connectivity index (χ0v) is 18.5. The van der Waals surface area contributed by atoms with Gasteiger partial charge in [-0.2, -0.15) is 0 Å². The van der Waals surface area contributed by atoms with Crippen LogP contribution in [0, 0.1) is 0 Å². The Bertz CT molecular complexity index is 276. The molecule has 3 nitrogen and oxygen atoms in total. The van der Waals surface area contributed by atoms with Gasteiger partial charge >= 0.3 is 0 Å². The summed E-state index contributed by atoms with van der Waals surface area (Å²) in [4.78, 5) is 4.73. The van der Waals surface area contributed by atoms with Gasteiger partial charge in [0, 0.05) is 25.2 Å².